The summed E-state index contributed by atoms with van der Waals surface area (Å²) in [4.78, 5) is 2.48. The Bertz CT molecular complexity index is 651. The predicted octanol–water partition coefficient (Wildman–Crippen LogP) is 2.96. The Morgan fingerprint density at radius 1 is 1.12 bits per heavy atom. The van der Waals surface area contributed by atoms with E-state index in [2.05, 4.69) is 31.0 Å². The van der Waals surface area contributed by atoms with Crippen molar-refractivity contribution in [2.45, 2.75) is 56.0 Å². The third-order valence-corrected chi connectivity index (χ3v) is 6.49. The third kappa shape index (κ3) is 2.64. The minimum Gasteiger partial charge on any atom is -0.493 e. The zero-order valence-electron chi connectivity index (χ0n) is 15.7. The molecule has 138 valence electrons. The van der Waals surface area contributed by atoms with Crippen molar-refractivity contribution < 1.29 is 18.9 Å². The van der Waals surface area contributed by atoms with Crippen LogP contribution in [0, 0.1) is 0 Å². The van der Waals surface area contributed by atoms with E-state index in [0.29, 0.717) is 12.6 Å². The van der Waals surface area contributed by atoms with Crippen LogP contribution in [0.1, 0.15) is 38.2 Å². The lowest BCUT2D eigenvalue weighted by Gasteiger charge is -2.48. The number of hydrogen-bond acceptors (Lipinski definition) is 5. The van der Waals surface area contributed by atoms with E-state index >= 15 is 0 Å². The molecule has 4 atom stereocenters. The van der Waals surface area contributed by atoms with E-state index in [1.54, 1.807) is 14.2 Å². The highest BCUT2D eigenvalue weighted by molar-refractivity contribution is 5.46. The van der Waals surface area contributed by atoms with Gasteiger partial charge in [0.15, 0.2) is 17.3 Å². The summed E-state index contributed by atoms with van der Waals surface area (Å²) in [6.45, 7) is 3.91. The molecular weight excluding hydrogens is 318 g/mol. The van der Waals surface area contributed by atoms with E-state index in [9.17, 15) is 0 Å². The Kier molecular flexibility index (Phi) is 4.21. The van der Waals surface area contributed by atoms with Crippen LogP contribution in [0.4, 0.5) is 0 Å². The van der Waals surface area contributed by atoms with Crippen molar-refractivity contribution in [3.05, 3.63) is 23.8 Å². The number of nitrogens with zero attached hydrogens (tertiary/aromatic N) is 1. The van der Waals surface area contributed by atoms with Gasteiger partial charge in [-0.1, -0.05) is 6.07 Å². The van der Waals surface area contributed by atoms with Crippen molar-refractivity contribution in [3.8, 4) is 11.5 Å². The highest BCUT2D eigenvalue weighted by atomic mass is 16.7. The first-order valence-corrected chi connectivity index (χ1v) is 9.26. The Morgan fingerprint density at radius 3 is 2.60 bits per heavy atom. The summed E-state index contributed by atoms with van der Waals surface area (Å²) < 4.78 is 23.3. The third-order valence-electron chi connectivity index (χ3n) is 6.49. The molecule has 0 bridgehead atoms. The minimum absolute atomic E-state index is 0.137. The zero-order valence-corrected chi connectivity index (χ0v) is 15.7. The standard InChI is InChI=1S/C20H29NO4/c1-14-13-24-20(25-14)8-7-19(9-10-21(2)18(19)12-20)15-5-6-16(22-3)17(11-15)23-4/h5-6,11,14,18H,7-10,12-13H2,1-4H3/t14?,18-,19-,20?/m0/s1. The van der Waals surface area contributed by atoms with Gasteiger partial charge in [-0.05, 0) is 51.1 Å². The molecule has 5 nitrogen and oxygen atoms in total. The Hall–Kier alpha value is -1.30. The lowest BCUT2D eigenvalue weighted by Crippen LogP contribution is -2.53. The maximum atomic E-state index is 6.21. The summed E-state index contributed by atoms with van der Waals surface area (Å²) >= 11 is 0. The molecular formula is C20H29NO4. The molecule has 1 aliphatic carbocycles. The van der Waals surface area contributed by atoms with Crippen LogP contribution in [0.2, 0.25) is 0 Å². The molecule has 2 aliphatic heterocycles. The van der Waals surface area contributed by atoms with Crippen LogP contribution in [-0.2, 0) is 14.9 Å². The number of likely N-dealkylation sites (tertiary alicyclic amines) is 1. The number of benzene rings is 1. The fraction of sp³-hybridized carbons (Fsp3) is 0.700. The van der Waals surface area contributed by atoms with Gasteiger partial charge in [-0.25, -0.2) is 0 Å². The van der Waals surface area contributed by atoms with E-state index in [4.69, 9.17) is 18.9 Å². The van der Waals surface area contributed by atoms with E-state index in [1.807, 2.05) is 6.07 Å². The fourth-order valence-electron chi connectivity index (χ4n) is 5.14. The van der Waals surface area contributed by atoms with Gasteiger partial charge in [-0.3, -0.25) is 0 Å². The van der Waals surface area contributed by atoms with Crippen LogP contribution in [0.5, 0.6) is 11.5 Å². The van der Waals surface area contributed by atoms with Crippen molar-refractivity contribution in [2.75, 3.05) is 34.4 Å². The first kappa shape index (κ1) is 17.1. The molecule has 1 spiro atoms. The van der Waals surface area contributed by atoms with Gasteiger partial charge >= 0.3 is 0 Å². The number of ether oxygens (including phenoxy) is 4. The van der Waals surface area contributed by atoms with E-state index in [0.717, 1.165) is 43.7 Å². The second-order valence-corrected chi connectivity index (χ2v) is 7.83. The number of methoxy groups -OCH3 is 2. The van der Waals surface area contributed by atoms with Gasteiger partial charge in [-0.2, -0.15) is 0 Å². The molecule has 0 N–H and O–H groups in total. The smallest absolute Gasteiger partial charge is 0.170 e. The normalized spacial score (nSPS) is 38.1. The largest absolute Gasteiger partial charge is 0.493 e. The summed E-state index contributed by atoms with van der Waals surface area (Å²) in [7, 11) is 5.61. The van der Waals surface area contributed by atoms with Crippen molar-refractivity contribution in [2.24, 2.45) is 0 Å². The van der Waals surface area contributed by atoms with Crippen LogP contribution >= 0.6 is 0 Å². The number of rotatable bonds is 3. The predicted molar refractivity (Wildman–Crippen MR) is 95.3 cm³/mol. The van der Waals surface area contributed by atoms with Gasteiger partial charge in [0.25, 0.3) is 0 Å². The van der Waals surface area contributed by atoms with Crippen LogP contribution in [0.15, 0.2) is 18.2 Å². The van der Waals surface area contributed by atoms with Gasteiger partial charge in [0.05, 0.1) is 26.9 Å². The molecule has 2 unspecified atom stereocenters. The molecule has 25 heavy (non-hydrogen) atoms. The van der Waals surface area contributed by atoms with E-state index in [-0.39, 0.29) is 17.3 Å². The molecule has 3 aliphatic rings. The van der Waals surface area contributed by atoms with Crippen molar-refractivity contribution >= 4 is 0 Å². The molecule has 0 radical (unpaired) electrons. The van der Waals surface area contributed by atoms with E-state index in [1.165, 1.54) is 5.56 Å². The van der Waals surface area contributed by atoms with Crippen LogP contribution < -0.4 is 9.47 Å². The molecule has 2 heterocycles. The molecule has 4 rings (SSSR count). The number of fused-ring (bicyclic) bond motifs is 1. The molecule has 1 saturated carbocycles. The van der Waals surface area contributed by atoms with Crippen LogP contribution in [0.3, 0.4) is 0 Å². The van der Waals surface area contributed by atoms with Crippen molar-refractivity contribution in [1.29, 1.82) is 0 Å². The minimum atomic E-state index is -0.386. The summed E-state index contributed by atoms with van der Waals surface area (Å²) in [6, 6.07) is 6.84. The van der Waals surface area contributed by atoms with Crippen LogP contribution in [-0.4, -0.2) is 57.3 Å². The van der Waals surface area contributed by atoms with Gasteiger partial charge in [0.2, 0.25) is 0 Å². The molecule has 2 saturated heterocycles. The van der Waals surface area contributed by atoms with Gasteiger partial charge < -0.3 is 23.8 Å². The summed E-state index contributed by atoms with van der Waals surface area (Å²) in [5.41, 5.74) is 1.48. The topological polar surface area (TPSA) is 40.2 Å². The average Bonchev–Trinajstić information content (AvgIpc) is 3.16. The van der Waals surface area contributed by atoms with Crippen molar-refractivity contribution in [3.63, 3.8) is 0 Å². The van der Waals surface area contributed by atoms with Crippen molar-refractivity contribution in [1.82, 2.24) is 4.90 Å². The summed E-state index contributed by atoms with van der Waals surface area (Å²) in [5.74, 6) is 1.21. The highest BCUT2D eigenvalue weighted by Gasteiger charge is 2.57. The molecule has 3 fully saturated rings. The molecule has 0 amide bonds. The fourth-order valence-corrected chi connectivity index (χ4v) is 5.14. The maximum Gasteiger partial charge on any atom is 0.170 e. The molecule has 1 aromatic rings. The maximum absolute atomic E-state index is 6.21. The second kappa shape index (κ2) is 6.15. The van der Waals surface area contributed by atoms with E-state index < -0.39 is 0 Å². The highest BCUT2D eigenvalue weighted by Crippen LogP contribution is 2.54. The Balaban J connectivity index is 1.68. The second-order valence-electron chi connectivity index (χ2n) is 7.83. The molecule has 0 aromatic heterocycles. The number of hydrogen-bond donors (Lipinski definition) is 0. The molecule has 1 aromatic carbocycles. The lowest BCUT2D eigenvalue weighted by molar-refractivity contribution is -0.202. The number of likely N-dealkylation sites (N-methyl/N-ethyl adjacent to an activating group) is 1. The summed E-state index contributed by atoms with van der Waals surface area (Å²) in [5, 5.41) is 0. The van der Waals surface area contributed by atoms with Gasteiger partial charge in [0.1, 0.15) is 0 Å². The zero-order chi connectivity index (χ0) is 17.7. The van der Waals surface area contributed by atoms with Gasteiger partial charge in [0, 0.05) is 24.3 Å². The lowest BCUT2D eigenvalue weighted by atomic mass is 9.64. The quantitative estimate of drug-likeness (QED) is 0.841. The Labute approximate surface area is 150 Å². The first-order valence-electron chi connectivity index (χ1n) is 9.26. The van der Waals surface area contributed by atoms with Crippen LogP contribution in [0.25, 0.3) is 0 Å². The summed E-state index contributed by atoms with van der Waals surface area (Å²) in [6.07, 6.45) is 4.32. The Morgan fingerprint density at radius 2 is 1.92 bits per heavy atom. The SMILES string of the molecule is COc1ccc([C@]23CCN(C)[C@H]2CC2(CC3)OCC(C)O2)cc1OC. The molecule has 5 heteroatoms. The first-order chi connectivity index (χ1) is 12.0. The monoisotopic (exact) mass is 347 g/mol. The average molecular weight is 347 g/mol. The van der Waals surface area contributed by atoms with Gasteiger partial charge in [-0.15, -0.1) is 0 Å².